The van der Waals surface area contributed by atoms with Gasteiger partial charge in [0.2, 0.25) is 0 Å². The van der Waals surface area contributed by atoms with Crippen molar-refractivity contribution >= 4 is 5.69 Å². The van der Waals surface area contributed by atoms with Crippen LogP contribution in [0.3, 0.4) is 0 Å². The first kappa shape index (κ1) is 24.4. The Morgan fingerprint density at radius 1 is 1.09 bits per heavy atom. The highest BCUT2D eigenvalue weighted by Crippen LogP contribution is 2.44. The zero-order valence-corrected chi connectivity index (χ0v) is 20.3. The fourth-order valence-corrected chi connectivity index (χ4v) is 5.30. The monoisotopic (exact) mass is 440 g/mol. The summed E-state index contributed by atoms with van der Waals surface area (Å²) in [6.07, 6.45) is 5.10. The third-order valence-corrected chi connectivity index (χ3v) is 7.76. The van der Waals surface area contributed by atoms with Crippen LogP contribution in [-0.2, 0) is 6.42 Å². The number of benzene rings is 2. The molecule has 5 heteroatoms. The number of aromatic hydroxyl groups is 2. The predicted octanol–water partition coefficient (Wildman–Crippen LogP) is 4.72. The Hall–Kier alpha value is -2.24. The highest BCUT2D eigenvalue weighted by atomic mass is 16.3. The maximum Gasteiger partial charge on any atom is 0.157 e. The Bertz CT molecular complexity index is 902. The summed E-state index contributed by atoms with van der Waals surface area (Å²) < 4.78 is 0. The average Bonchev–Trinajstić information content (AvgIpc) is 2.78. The summed E-state index contributed by atoms with van der Waals surface area (Å²) in [6.45, 7) is 7.44. The maximum atomic E-state index is 11.2. The van der Waals surface area contributed by atoms with Gasteiger partial charge in [-0.1, -0.05) is 25.1 Å². The van der Waals surface area contributed by atoms with Crippen molar-refractivity contribution in [2.24, 2.45) is 5.92 Å². The number of piperidine rings is 1. The summed E-state index contributed by atoms with van der Waals surface area (Å²) in [5.41, 5.74) is 3.15. The van der Waals surface area contributed by atoms with E-state index in [1.165, 1.54) is 17.3 Å². The number of hydrogen-bond donors (Lipinski definition) is 3. The molecule has 0 bridgehead atoms. The first-order valence-electron chi connectivity index (χ1n) is 11.9. The molecule has 32 heavy (non-hydrogen) atoms. The summed E-state index contributed by atoms with van der Waals surface area (Å²) >= 11 is 0. The molecule has 2 aliphatic rings. The van der Waals surface area contributed by atoms with E-state index in [0.29, 0.717) is 12.0 Å². The minimum Gasteiger partial charge on any atom is -0.504 e. The predicted molar refractivity (Wildman–Crippen MR) is 132 cm³/mol. The van der Waals surface area contributed by atoms with Crippen molar-refractivity contribution in [1.29, 1.82) is 0 Å². The fourth-order valence-electron chi connectivity index (χ4n) is 5.30. The molecule has 0 aromatic heterocycles. The van der Waals surface area contributed by atoms with E-state index >= 15 is 0 Å². The summed E-state index contributed by atoms with van der Waals surface area (Å²) in [7, 11) is 4.35. The molecule has 1 saturated heterocycles. The quantitative estimate of drug-likeness (QED) is 0.603. The number of anilines is 1. The highest BCUT2D eigenvalue weighted by Gasteiger charge is 2.49. The lowest BCUT2D eigenvalue weighted by atomic mass is 9.66. The second-order valence-corrected chi connectivity index (χ2v) is 9.69. The third-order valence-electron chi connectivity index (χ3n) is 7.76. The second kappa shape index (κ2) is 10.1. The molecule has 176 valence electrons. The SMILES string of the molecule is CCc1ccc(O)c(O)c1.Cc1cccc(N(C)C2CCC3(O)C(CCN(C)[C@@H]3C)C2)c1. The van der Waals surface area contributed by atoms with E-state index in [1.807, 2.05) is 6.92 Å². The molecular formula is C27H40N2O3. The molecule has 0 radical (unpaired) electrons. The molecule has 1 saturated carbocycles. The van der Waals surface area contributed by atoms with E-state index < -0.39 is 5.60 Å². The number of nitrogens with zero attached hydrogens (tertiary/aromatic N) is 2. The standard InChI is InChI=1S/C19H30N2O.C8H10O2/c1-14-6-5-7-17(12-14)21(4)18-8-10-19(22)15(2)20(3)11-9-16(19)13-18;1-2-6-3-4-7(9)8(10)5-6/h5-7,12,15-16,18,22H,8-11,13H2,1-4H3;3-5,9-10H,2H2,1H3/t15-,16?,18?,19?;/m1./s1. The first-order valence-corrected chi connectivity index (χ1v) is 11.9. The largest absolute Gasteiger partial charge is 0.504 e. The van der Waals surface area contributed by atoms with Gasteiger partial charge in [0.05, 0.1) is 5.60 Å². The molecule has 2 fully saturated rings. The Morgan fingerprint density at radius 3 is 2.50 bits per heavy atom. The van der Waals surface area contributed by atoms with Crippen LogP contribution in [0, 0.1) is 12.8 Å². The van der Waals surface area contributed by atoms with Crippen molar-refractivity contribution in [2.75, 3.05) is 25.5 Å². The fraction of sp³-hybridized carbons (Fsp3) is 0.556. The number of phenolic OH excluding ortho intramolecular Hbond substituents is 2. The van der Waals surface area contributed by atoms with Crippen LogP contribution >= 0.6 is 0 Å². The molecule has 2 aromatic rings. The average molecular weight is 441 g/mol. The van der Waals surface area contributed by atoms with Gasteiger partial charge in [-0.3, -0.25) is 0 Å². The molecule has 2 aromatic carbocycles. The summed E-state index contributed by atoms with van der Waals surface area (Å²) in [5.74, 6) is 0.334. The molecule has 4 atom stereocenters. The molecule has 1 aliphatic heterocycles. The number of fused-ring (bicyclic) bond motifs is 1. The van der Waals surface area contributed by atoms with E-state index in [0.717, 1.165) is 44.2 Å². The van der Waals surface area contributed by atoms with E-state index in [9.17, 15) is 5.11 Å². The van der Waals surface area contributed by atoms with E-state index in [1.54, 1.807) is 12.1 Å². The van der Waals surface area contributed by atoms with Gasteiger partial charge in [0.1, 0.15) is 0 Å². The molecule has 3 unspecified atom stereocenters. The minimum atomic E-state index is -0.489. The van der Waals surface area contributed by atoms with Crippen molar-refractivity contribution in [3.63, 3.8) is 0 Å². The second-order valence-electron chi connectivity index (χ2n) is 9.69. The van der Waals surface area contributed by atoms with Crippen LogP contribution in [-0.4, -0.2) is 58.5 Å². The van der Waals surface area contributed by atoms with Gasteiger partial charge in [-0.05, 0) is 101 Å². The van der Waals surface area contributed by atoms with Crippen LogP contribution in [0.25, 0.3) is 0 Å². The highest BCUT2D eigenvalue weighted by molar-refractivity contribution is 5.48. The van der Waals surface area contributed by atoms with Crippen molar-refractivity contribution in [3.8, 4) is 11.5 Å². The van der Waals surface area contributed by atoms with Crippen LogP contribution in [0.4, 0.5) is 5.69 Å². The smallest absolute Gasteiger partial charge is 0.157 e. The zero-order valence-electron chi connectivity index (χ0n) is 20.3. The van der Waals surface area contributed by atoms with E-state index in [2.05, 4.69) is 62.0 Å². The zero-order chi connectivity index (χ0) is 23.5. The number of likely N-dealkylation sites (tertiary alicyclic amines) is 1. The Balaban J connectivity index is 0.000000243. The minimum absolute atomic E-state index is 0.0423. The molecule has 4 rings (SSSR count). The lowest BCUT2D eigenvalue weighted by Gasteiger charge is -2.54. The van der Waals surface area contributed by atoms with E-state index in [4.69, 9.17) is 10.2 Å². The Kier molecular flexibility index (Phi) is 7.73. The topological polar surface area (TPSA) is 67.2 Å². The molecule has 3 N–H and O–H groups in total. The van der Waals surface area contributed by atoms with Crippen LogP contribution < -0.4 is 4.90 Å². The maximum absolute atomic E-state index is 11.2. The third kappa shape index (κ3) is 5.21. The van der Waals surface area contributed by atoms with Crippen LogP contribution in [0.15, 0.2) is 42.5 Å². The van der Waals surface area contributed by atoms with Gasteiger partial charge in [-0.2, -0.15) is 0 Å². The summed E-state index contributed by atoms with van der Waals surface area (Å²) in [6, 6.07) is 14.4. The van der Waals surface area contributed by atoms with Gasteiger partial charge < -0.3 is 25.1 Å². The lowest BCUT2D eigenvalue weighted by molar-refractivity contribution is -0.132. The van der Waals surface area contributed by atoms with Gasteiger partial charge in [-0.25, -0.2) is 0 Å². The van der Waals surface area contributed by atoms with Crippen molar-refractivity contribution < 1.29 is 15.3 Å². The number of aliphatic hydroxyl groups is 1. The van der Waals surface area contributed by atoms with Crippen molar-refractivity contribution in [3.05, 3.63) is 53.6 Å². The van der Waals surface area contributed by atoms with Crippen molar-refractivity contribution in [2.45, 2.75) is 70.6 Å². The number of rotatable bonds is 3. The first-order chi connectivity index (χ1) is 15.2. The number of hydrogen-bond acceptors (Lipinski definition) is 5. The molecular weight excluding hydrogens is 400 g/mol. The summed E-state index contributed by atoms with van der Waals surface area (Å²) in [4.78, 5) is 4.75. The van der Waals surface area contributed by atoms with Crippen LogP contribution in [0.5, 0.6) is 11.5 Å². The van der Waals surface area contributed by atoms with Gasteiger partial charge in [0, 0.05) is 24.8 Å². The Morgan fingerprint density at radius 2 is 1.84 bits per heavy atom. The normalized spacial score (nSPS) is 27.8. The summed E-state index contributed by atoms with van der Waals surface area (Å²) in [5, 5.41) is 29.1. The molecule has 0 spiro atoms. The van der Waals surface area contributed by atoms with E-state index in [-0.39, 0.29) is 17.5 Å². The molecule has 1 aliphatic carbocycles. The molecule has 0 amide bonds. The van der Waals surface area contributed by atoms with Gasteiger partial charge >= 0.3 is 0 Å². The van der Waals surface area contributed by atoms with Crippen LogP contribution in [0.1, 0.15) is 50.7 Å². The lowest BCUT2D eigenvalue weighted by Crippen LogP contribution is -2.62. The van der Waals surface area contributed by atoms with Gasteiger partial charge in [-0.15, -0.1) is 0 Å². The Labute approximate surface area is 193 Å². The number of phenols is 2. The molecule has 1 heterocycles. The van der Waals surface area contributed by atoms with Gasteiger partial charge in [0.25, 0.3) is 0 Å². The van der Waals surface area contributed by atoms with Gasteiger partial charge in [0.15, 0.2) is 11.5 Å². The molecule has 5 nitrogen and oxygen atoms in total. The van der Waals surface area contributed by atoms with Crippen LogP contribution in [0.2, 0.25) is 0 Å². The number of likely N-dealkylation sites (N-methyl/N-ethyl adjacent to an activating group) is 1. The number of aryl methyl sites for hydroxylation is 2. The van der Waals surface area contributed by atoms with Crippen molar-refractivity contribution in [1.82, 2.24) is 4.90 Å².